The van der Waals surface area contributed by atoms with Crippen molar-refractivity contribution in [1.29, 1.82) is 0 Å². The molecule has 0 bridgehead atoms. The molecule has 3 rings (SSSR count). The van der Waals surface area contributed by atoms with Gasteiger partial charge in [0.05, 0.1) is 15.6 Å². The van der Waals surface area contributed by atoms with Crippen LogP contribution in [0.2, 0.25) is 5.02 Å². The zero-order valence-electron chi connectivity index (χ0n) is 18.2. The first kappa shape index (κ1) is 22.8. The molecule has 30 heavy (non-hydrogen) atoms. The van der Waals surface area contributed by atoms with E-state index in [1.165, 1.54) is 4.31 Å². The maximum Gasteiger partial charge on any atom is 0.243 e. The highest BCUT2D eigenvalue weighted by atomic mass is 35.5. The lowest BCUT2D eigenvalue weighted by Crippen LogP contribution is -2.41. The van der Waals surface area contributed by atoms with Gasteiger partial charge in [0.25, 0.3) is 0 Å². The van der Waals surface area contributed by atoms with Crippen LogP contribution in [0.4, 0.5) is 5.69 Å². The van der Waals surface area contributed by atoms with Crippen LogP contribution in [0.5, 0.6) is 0 Å². The molecule has 0 unspecified atom stereocenters. The Morgan fingerprint density at radius 1 is 1.00 bits per heavy atom. The SMILES string of the molecule is Cc1ccc(NC(=O)C2CCN(S(=O)(=O)c3c(C)c(C)cc(C)c3C)CC2)c(Cl)c1. The predicted octanol–water partition coefficient (Wildman–Crippen LogP) is 4.92. The topological polar surface area (TPSA) is 66.5 Å². The summed E-state index contributed by atoms with van der Waals surface area (Å²) in [6, 6.07) is 7.52. The molecule has 1 amide bonds. The highest BCUT2D eigenvalue weighted by Gasteiger charge is 2.34. The molecule has 0 aliphatic carbocycles. The van der Waals surface area contributed by atoms with E-state index in [2.05, 4.69) is 5.32 Å². The Bertz CT molecular complexity index is 1060. The van der Waals surface area contributed by atoms with Gasteiger partial charge in [0, 0.05) is 19.0 Å². The summed E-state index contributed by atoms with van der Waals surface area (Å²) in [6.07, 6.45) is 0.967. The van der Waals surface area contributed by atoms with E-state index in [0.29, 0.717) is 41.5 Å². The highest BCUT2D eigenvalue weighted by molar-refractivity contribution is 7.89. The molecule has 0 spiro atoms. The first-order valence-corrected chi connectivity index (χ1v) is 12.0. The summed E-state index contributed by atoms with van der Waals surface area (Å²) in [4.78, 5) is 13.1. The number of amides is 1. The van der Waals surface area contributed by atoms with Gasteiger partial charge in [0.15, 0.2) is 0 Å². The molecule has 1 aliphatic rings. The fraction of sp³-hybridized carbons (Fsp3) is 0.435. The molecular weight excluding hydrogens is 420 g/mol. The van der Waals surface area contributed by atoms with E-state index in [9.17, 15) is 13.2 Å². The number of piperidine rings is 1. The van der Waals surface area contributed by atoms with Crippen LogP contribution < -0.4 is 5.32 Å². The standard InChI is InChI=1S/C23H29ClN2O3S/c1-14-6-7-21(20(24)12-14)25-23(27)19-8-10-26(11-9-19)30(28,29)22-17(4)15(2)13-16(3)18(22)5/h6-7,12-13,19H,8-11H2,1-5H3,(H,25,27). The minimum atomic E-state index is -3.61. The molecule has 1 heterocycles. The van der Waals surface area contributed by atoms with Gasteiger partial charge in [-0.3, -0.25) is 4.79 Å². The van der Waals surface area contributed by atoms with Crippen molar-refractivity contribution in [3.63, 3.8) is 0 Å². The number of hydrogen-bond donors (Lipinski definition) is 1. The zero-order chi connectivity index (χ0) is 22.2. The Labute approximate surface area is 184 Å². The maximum atomic E-state index is 13.4. The second kappa shape index (κ2) is 8.69. The number of sulfonamides is 1. The van der Waals surface area contributed by atoms with E-state index in [0.717, 1.165) is 27.8 Å². The average molecular weight is 449 g/mol. The molecule has 1 fully saturated rings. The van der Waals surface area contributed by atoms with E-state index < -0.39 is 10.0 Å². The Morgan fingerprint density at radius 3 is 2.10 bits per heavy atom. The molecule has 1 N–H and O–H groups in total. The van der Waals surface area contributed by atoms with Crippen LogP contribution >= 0.6 is 11.6 Å². The second-order valence-corrected chi connectivity index (χ2v) is 10.5. The molecule has 2 aromatic carbocycles. The lowest BCUT2D eigenvalue weighted by atomic mass is 9.97. The number of hydrogen-bond acceptors (Lipinski definition) is 3. The Kier molecular flexibility index (Phi) is 6.60. The first-order chi connectivity index (χ1) is 14.0. The molecule has 0 atom stereocenters. The number of carbonyl (C=O) groups is 1. The summed E-state index contributed by atoms with van der Waals surface area (Å²) in [5, 5.41) is 3.39. The van der Waals surface area contributed by atoms with Crippen molar-refractivity contribution in [1.82, 2.24) is 4.31 Å². The van der Waals surface area contributed by atoms with Gasteiger partial charge in [-0.15, -0.1) is 0 Å². The number of nitrogens with zero attached hydrogens (tertiary/aromatic N) is 1. The summed E-state index contributed by atoms with van der Waals surface area (Å²) in [5.41, 5.74) is 5.15. The number of carbonyl (C=O) groups excluding carboxylic acids is 1. The van der Waals surface area contributed by atoms with Gasteiger partial charge in [-0.2, -0.15) is 4.31 Å². The van der Waals surface area contributed by atoms with Crippen molar-refractivity contribution in [3.05, 3.63) is 57.1 Å². The predicted molar refractivity (Wildman–Crippen MR) is 122 cm³/mol. The van der Waals surface area contributed by atoms with Crippen molar-refractivity contribution in [3.8, 4) is 0 Å². The lowest BCUT2D eigenvalue weighted by molar-refractivity contribution is -0.120. The average Bonchev–Trinajstić information content (AvgIpc) is 2.68. The number of anilines is 1. The van der Waals surface area contributed by atoms with Gasteiger partial charge in [-0.1, -0.05) is 23.7 Å². The van der Waals surface area contributed by atoms with E-state index in [-0.39, 0.29) is 11.8 Å². The Hall–Kier alpha value is -1.89. The molecule has 0 saturated carbocycles. The van der Waals surface area contributed by atoms with E-state index >= 15 is 0 Å². The van der Waals surface area contributed by atoms with E-state index in [4.69, 9.17) is 11.6 Å². The number of halogens is 1. The molecular formula is C23H29ClN2O3S. The van der Waals surface area contributed by atoms with Gasteiger partial charge in [0.1, 0.15) is 0 Å². The summed E-state index contributed by atoms with van der Waals surface area (Å²) in [7, 11) is -3.61. The van der Waals surface area contributed by atoms with Crippen molar-refractivity contribution in [2.45, 2.75) is 52.4 Å². The van der Waals surface area contributed by atoms with Crippen molar-refractivity contribution in [2.24, 2.45) is 5.92 Å². The molecule has 2 aromatic rings. The van der Waals surface area contributed by atoms with Crippen molar-refractivity contribution < 1.29 is 13.2 Å². The third-order valence-corrected chi connectivity index (χ3v) is 8.59. The molecule has 5 nitrogen and oxygen atoms in total. The molecule has 1 aliphatic heterocycles. The monoisotopic (exact) mass is 448 g/mol. The van der Waals surface area contributed by atoms with E-state index in [1.807, 2.05) is 46.8 Å². The van der Waals surface area contributed by atoms with Crippen LogP contribution in [0.15, 0.2) is 29.2 Å². The number of rotatable bonds is 4. The number of benzene rings is 2. The third-order valence-electron chi connectivity index (χ3n) is 6.10. The maximum absolute atomic E-state index is 13.4. The smallest absolute Gasteiger partial charge is 0.243 e. The summed E-state index contributed by atoms with van der Waals surface area (Å²) < 4.78 is 28.3. The number of aryl methyl sites for hydroxylation is 3. The van der Waals surface area contributed by atoms with Gasteiger partial charge < -0.3 is 5.32 Å². The van der Waals surface area contributed by atoms with Crippen LogP contribution in [0.3, 0.4) is 0 Å². The number of nitrogens with one attached hydrogen (secondary N) is 1. The molecule has 7 heteroatoms. The van der Waals surface area contributed by atoms with Crippen LogP contribution in [0, 0.1) is 40.5 Å². The summed E-state index contributed by atoms with van der Waals surface area (Å²) in [6.45, 7) is 10.2. The van der Waals surface area contributed by atoms with Crippen molar-refractivity contribution in [2.75, 3.05) is 18.4 Å². The van der Waals surface area contributed by atoms with Crippen LogP contribution in [-0.2, 0) is 14.8 Å². The van der Waals surface area contributed by atoms with Gasteiger partial charge >= 0.3 is 0 Å². The Morgan fingerprint density at radius 2 is 1.57 bits per heavy atom. The third kappa shape index (κ3) is 4.41. The lowest BCUT2D eigenvalue weighted by Gasteiger charge is -2.32. The fourth-order valence-corrected chi connectivity index (χ4v) is 6.34. The van der Waals surface area contributed by atoms with Gasteiger partial charge in [0.2, 0.25) is 15.9 Å². The summed E-state index contributed by atoms with van der Waals surface area (Å²) in [5.74, 6) is -0.355. The zero-order valence-corrected chi connectivity index (χ0v) is 19.7. The molecule has 0 aromatic heterocycles. The van der Waals surface area contributed by atoms with Crippen LogP contribution in [0.25, 0.3) is 0 Å². The molecule has 1 saturated heterocycles. The first-order valence-electron chi connectivity index (χ1n) is 10.2. The Balaban J connectivity index is 1.73. The molecule has 0 radical (unpaired) electrons. The minimum absolute atomic E-state index is 0.114. The summed E-state index contributed by atoms with van der Waals surface area (Å²) >= 11 is 6.22. The van der Waals surface area contributed by atoms with Gasteiger partial charge in [-0.05, 0) is 87.4 Å². The normalized spacial score (nSPS) is 15.9. The minimum Gasteiger partial charge on any atom is -0.325 e. The quantitative estimate of drug-likeness (QED) is 0.721. The highest BCUT2D eigenvalue weighted by Crippen LogP contribution is 2.32. The fourth-order valence-electron chi connectivity index (χ4n) is 4.01. The van der Waals surface area contributed by atoms with Gasteiger partial charge in [-0.25, -0.2) is 8.42 Å². The van der Waals surface area contributed by atoms with E-state index in [1.54, 1.807) is 12.1 Å². The molecule has 162 valence electrons. The van der Waals surface area contributed by atoms with Crippen molar-refractivity contribution >= 4 is 33.2 Å². The second-order valence-electron chi connectivity index (χ2n) is 8.24. The van der Waals surface area contributed by atoms with Crippen LogP contribution in [0.1, 0.15) is 40.7 Å². The van der Waals surface area contributed by atoms with Crippen LogP contribution in [-0.4, -0.2) is 31.7 Å². The largest absolute Gasteiger partial charge is 0.325 e.